The van der Waals surface area contributed by atoms with E-state index < -0.39 is 25.0 Å². The number of carbonyl (C=O) groups excluding carboxylic acids is 1. The summed E-state index contributed by atoms with van der Waals surface area (Å²) in [6, 6.07) is 0. The molecule has 0 unspecified atom stereocenters. The highest BCUT2D eigenvalue weighted by atomic mass is 19.4. The van der Waals surface area contributed by atoms with E-state index in [1.165, 1.54) is 6.92 Å². The third-order valence-electron chi connectivity index (χ3n) is 2.06. The van der Waals surface area contributed by atoms with E-state index in [0.29, 0.717) is 0 Å². The van der Waals surface area contributed by atoms with Gasteiger partial charge in [-0.2, -0.15) is 13.2 Å². The van der Waals surface area contributed by atoms with Crippen molar-refractivity contribution in [2.45, 2.75) is 32.9 Å². The van der Waals surface area contributed by atoms with Gasteiger partial charge in [0.05, 0.1) is 12.3 Å². The number of carbonyl (C=O) groups is 1. The first-order chi connectivity index (χ1) is 7.85. The van der Waals surface area contributed by atoms with Crippen LogP contribution in [0.4, 0.5) is 13.2 Å². The van der Waals surface area contributed by atoms with Crippen molar-refractivity contribution in [3.63, 3.8) is 0 Å². The van der Waals surface area contributed by atoms with Crippen molar-refractivity contribution in [1.29, 1.82) is 0 Å². The Labute approximate surface area is 95.7 Å². The maximum absolute atomic E-state index is 12.1. The molecule has 0 N–H and O–H groups in total. The molecule has 17 heavy (non-hydrogen) atoms. The molecule has 0 aliphatic rings. The molecule has 1 heterocycles. The van der Waals surface area contributed by atoms with E-state index in [2.05, 4.69) is 5.16 Å². The fraction of sp³-hybridized carbons (Fsp3) is 0.600. The highest BCUT2D eigenvalue weighted by Crippen LogP contribution is 2.24. The zero-order valence-corrected chi connectivity index (χ0v) is 9.43. The van der Waals surface area contributed by atoms with Crippen LogP contribution in [-0.4, -0.2) is 23.9 Å². The molecule has 0 saturated carbocycles. The van der Waals surface area contributed by atoms with Crippen LogP contribution in [0.5, 0.6) is 0 Å². The molecule has 0 aliphatic carbocycles. The van der Waals surface area contributed by atoms with Gasteiger partial charge in [-0.15, -0.1) is 0 Å². The zero-order chi connectivity index (χ0) is 13.1. The minimum atomic E-state index is -4.29. The molecule has 1 aromatic heterocycles. The Balaban J connectivity index is 2.83. The number of halogens is 3. The highest BCUT2D eigenvalue weighted by Gasteiger charge is 2.29. The summed E-state index contributed by atoms with van der Waals surface area (Å²) in [7, 11) is 0. The summed E-state index contributed by atoms with van der Waals surface area (Å²) in [5, 5.41) is 3.45. The number of esters is 1. The zero-order valence-electron chi connectivity index (χ0n) is 9.43. The van der Waals surface area contributed by atoms with Crippen molar-refractivity contribution in [1.82, 2.24) is 5.16 Å². The monoisotopic (exact) mass is 251 g/mol. The maximum atomic E-state index is 12.1. The summed E-state index contributed by atoms with van der Waals surface area (Å²) >= 11 is 0. The van der Waals surface area contributed by atoms with Crippen LogP contribution in [0.25, 0.3) is 0 Å². The number of rotatable bonds is 4. The SMILES string of the molecule is CCOC(=O)c1c(CCC(F)(F)F)noc1C. The Kier molecular flexibility index (Phi) is 4.14. The average molecular weight is 251 g/mol. The summed E-state index contributed by atoms with van der Waals surface area (Å²) < 4.78 is 45.6. The number of nitrogens with zero attached hydrogens (tertiary/aromatic N) is 1. The van der Waals surface area contributed by atoms with Crippen molar-refractivity contribution in [3.8, 4) is 0 Å². The number of ether oxygens (including phenoxy) is 1. The van der Waals surface area contributed by atoms with E-state index in [4.69, 9.17) is 9.26 Å². The van der Waals surface area contributed by atoms with Gasteiger partial charge in [0, 0.05) is 12.8 Å². The first kappa shape index (κ1) is 13.5. The van der Waals surface area contributed by atoms with Gasteiger partial charge >= 0.3 is 12.1 Å². The number of hydrogen-bond donors (Lipinski definition) is 0. The number of alkyl halides is 3. The van der Waals surface area contributed by atoms with Crippen LogP contribution in [0.3, 0.4) is 0 Å². The van der Waals surface area contributed by atoms with Gasteiger partial charge in [0.1, 0.15) is 11.3 Å². The molecule has 0 spiro atoms. The van der Waals surface area contributed by atoms with Gasteiger partial charge in [-0.05, 0) is 13.8 Å². The quantitative estimate of drug-likeness (QED) is 0.772. The van der Waals surface area contributed by atoms with Gasteiger partial charge in [0.2, 0.25) is 0 Å². The van der Waals surface area contributed by atoms with Gasteiger partial charge < -0.3 is 9.26 Å². The van der Waals surface area contributed by atoms with E-state index in [1.54, 1.807) is 6.92 Å². The van der Waals surface area contributed by atoms with Crippen molar-refractivity contribution >= 4 is 5.97 Å². The summed E-state index contributed by atoms with van der Waals surface area (Å²) in [6.07, 6.45) is -5.74. The molecule has 0 saturated heterocycles. The third kappa shape index (κ3) is 3.76. The lowest BCUT2D eigenvalue weighted by Gasteiger charge is -2.05. The molecule has 0 aromatic carbocycles. The molecule has 1 aromatic rings. The van der Waals surface area contributed by atoms with Crippen molar-refractivity contribution in [2.24, 2.45) is 0 Å². The average Bonchev–Trinajstić information content (AvgIpc) is 2.56. The topological polar surface area (TPSA) is 52.3 Å². The Morgan fingerprint density at radius 2 is 2.12 bits per heavy atom. The second-order valence-corrected chi connectivity index (χ2v) is 3.40. The Bertz CT molecular complexity index is 398. The van der Waals surface area contributed by atoms with Gasteiger partial charge in [0.25, 0.3) is 0 Å². The second kappa shape index (κ2) is 5.20. The van der Waals surface area contributed by atoms with E-state index in [1.807, 2.05) is 0 Å². The molecule has 7 heteroatoms. The van der Waals surface area contributed by atoms with Crippen LogP contribution in [0, 0.1) is 6.92 Å². The van der Waals surface area contributed by atoms with Crippen LogP contribution in [0.2, 0.25) is 0 Å². The van der Waals surface area contributed by atoms with Crippen LogP contribution in [0.15, 0.2) is 4.52 Å². The van der Waals surface area contributed by atoms with Gasteiger partial charge in [0.15, 0.2) is 0 Å². The molecular formula is C10H12F3NO3. The fourth-order valence-electron chi connectivity index (χ4n) is 1.31. The fourth-order valence-corrected chi connectivity index (χ4v) is 1.31. The molecule has 0 bridgehead atoms. The molecule has 1 rings (SSSR count). The van der Waals surface area contributed by atoms with Gasteiger partial charge in [-0.3, -0.25) is 0 Å². The Morgan fingerprint density at radius 3 is 2.65 bits per heavy atom. The van der Waals surface area contributed by atoms with Gasteiger partial charge in [-0.1, -0.05) is 5.16 Å². The molecule has 96 valence electrons. The molecular weight excluding hydrogens is 239 g/mol. The van der Waals surface area contributed by atoms with Crippen LogP contribution in [0.1, 0.15) is 35.2 Å². The van der Waals surface area contributed by atoms with Gasteiger partial charge in [-0.25, -0.2) is 4.79 Å². The summed E-state index contributed by atoms with van der Waals surface area (Å²) in [5.41, 5.74) is -0.0191. The predicted octanol–water partition coefficient (Wildman–Crippen LogP) is 2.65. The molecule has 0 fully saturated rings. The Hall–Kier alpha value is -1.53. The maximum Gasteiger partial charge on any atom is 0.389 e. The first-order valence-electron chi connectivity index (χ1n) is 5.04. The van der Waals surface area contributed by atoms with E-state index in [-0.39, 0.29) is 23.6 Å². The summed E-state index contributed by atoms with van der Waals surface area (Å²) in [6.45, 7) is 3.20. The summed E-state index contributed by atoms with van der Waals surface area (Å²) in [4.78, 5) is 11.5. The third-order valence-corrected chi connectivity index (χ3v) is 2.06. The van der Waals surface area contributed by atoms with Crippen molar-refractivity contribution in [3.05, 3.63) is 17.0 Å². The molecule has 0 amide bonds. The van der Waals surface area contributed by atoms with Crippen LogP contribution >= 0.6 is 0 Å². The van der Waals surface area contributed by atoms with Crippen LogP contribution in [-0.2, 0) is 11.2 Å². The molecule has 0 aliphatic heterocycles. The van der Waals surface area contributed by atoms with Crippen molar-refractivity contribution in [2.75, 3.05) is 6.61 Å². The summed E-state index contributed by atoms with van der Waals surface area (Å²) in [5.74, 6) is -0.538. The largest absolute Gasteiger partial charge is 0.462 e. The minimum absolute atomic E-state index is 0.00361. The standard InChI is InChI=1S/C10H12F3NO3/c1-3-16-9(15)8-6(2)17-14-7(8)4-5-10(11,12)13/h3-5H2,1-2H3. The number of hydrogen-bond acceptors (Lipinski definition) is 4. The Morgan fingerprint density at radius 1 is 1.47 bits per heavy atom. The molecule has 4 nitrogen and oxygen atoms in total. The van der Waals surface area contributed by atoms with E-state index >= 15 is 0 Å². The normalized spacial score (nSPS) is 11.6. The minimum Gasteiger partial charge on any atom is -0.462 e. The lowest BCUT2D eigenvalue weighted by molar-refractivity contribution is -0.134. The number of aromatic nitrogens is 1. The molecule has 0 radical (unpaired) electrons. The highest BCUT2D eigenvalue weighted by molar-refractivity contribution is 5.91. The smallest absolute Gasteiger partial charge is 0.389 e. The second-order valence-electron chi connectivity index (χ2n) is 3.40. The van der Waals surface area contributed by atoms with Crippen LogP contribution < -0.4 is 0 Å². The first-order valence-corrected chi connectivity index (χ1v) is 5.04. The lowest BCUT2D eigenvalue weighted by atomic mass is 10.1. The number of aryl methyl sites for hydroxylation is 2. The predicted molar refractivity (Wildman–Crippen MR) is 51.6 cm³/mol. The van der Waals surface area contributed by atoms with E-state index in [0.717, 1.165) is 0 Å². The van der Waals surface area contributed by atoms with E-state index in [9.17, 15) is 18.0 Å². The lowest BCUT2D eigenvalue weighted by Crippen LogP contribution is -2.12. The van der Waals surface area contributed by atoms with Crippen molar-refractivity contribution < 1.29 is 27.2 Å². The molecule has 0 atom stereocenters.